The first-order valence-corrected chi connectivity index (χ1v) is 7.50. The lowest BCUT2D eigenvalue weighted by atomic mass is 9.64. The maximum atomic E-state index is 10.7. The minimum absolute atomic E-state index is 0.435. The number of amides is 1. The lowest BCUT2D eigenvalue weighted by Gasteiger charge is -2.52. The molecule has 0 N–H and O–H groups in total. The molecule has 1 amide bonds. The lowest BCUT2D eigenvalue weighted by molar-refractivity contribution is -0.131. The van der Waals surface area contributed by atoms with Crippen molar-refractivity contribution in [3.05, 3.63) is 29.3 Å². The Hall–Kier alpha value is -1.51. The Bertz CT molecular complexity index is 496. The van der Waals surface area contributed by atoms with Crippen LogP contribution in [0.25, 0.3) is 0 Å². The summed E-state index contributed by atoms with van der Waals surface area (Å²) >= 11 is 0. The molecule has 3 nitrogen and oxygen atoms in total. The first-order chi connectivity index (χ1) is 9.67. The lowest BCUT2D eigenvalue weighted by Crippen LogP contribution is -2.56. The average molecular weight is 273 g/mol. The topological polar surface area (TPSA) is 29.5 Å². The molecule has 1 saturated heterocycles. The van der Waals surface area contributed by atoms with Gasteiger partial charge in [0.05, 0.1) is 7.11 Å². The molecular weight excluding hydrogens is 250 g/mol. The van der Waals surface area contributed by atoms with Crippen molar-refractivity contribution in [2.75, 3.05) is 20.2 Å². The molecule has 1 saturated carbocycles. The molecule has 1 aromatic rings. The van der Waals surface area contributed by atoms with E-state index in [-0.39, 0.29) is 0 Å². The van der Waals surface area contributed by atoms with Gasteiger partial charge >= 0.3 is 0 Å². The number of carbonyl (C=O) groups excluding carboxylic acids is 1. The monoisotopic (exact) mass is 273 g/mol. The highest BCUT2D eigenvalue weighted by Gasteiger charge is 2.44. The molecule has 1 aromatic carbocycles. The summed E-state index contributed by atoms with van der Waals surface area (Å²) in [7, 11) is 1.74. The van der Waals surface area contributed by atoms with E-state index in [1.54, 1.807) is 7.11 Å². The van der Waals surface area contributed by atoms with Gasteiger partial charge in [0.15, 0.2) is 0 Å². The predicted molar refractivity (Wildman–Crippen MR) is 79.0 cm³/mol. The second-order valence-corrected chi connectivity index (χ2v) is 6.46. The third kappa shape index (κ3) is 2.19. The maximum Gasteiger partial charge on any atom is 0.209 e. The van der Waals surface area contributed by atoms with Gasteiger partial charge < -0.3 is 9.64 Å². The molecule has 1 aliphatic carbocycles. The molecule has 0 bridgehead atoms. The molecule has 0 aromatic heterocycles. The highest BCUT2D eigenvalue weighted by atomic mass is 16.5. The number of methoxy groups -OCH3 is 1. The van der Waals surface area contributed by atoms with Crippen LogP contribution in [0.1, 0.15) is 42.7 Å². The van der Waals surface area contributed by atoms with Gasteiger partial charge in [0.25, 0.3) is 0 Å². The number of nitrogens with zero attached hydrogens (tertiary/aromatic N) is 1. The summed E-state index contributed by atoms with van der Waals surface area (Å²) in [4.78, 5) is 12.6. The van der Waals surface area contributed by atoms with Gasteiger partial charge in [-0.25, -0.2) is 0 Å². The molecule has 1 aliphatic heterocycles. The molecule has 3 heteroatoms. The number of hydrogen-bond donors (Lipinski definition) is 0. The highest BCUT2D eigenvalue weighted by molar-refractivity contribution is 5.49. The second-order valence-electron chi connectivity index (χ2n) is 6.46. The third-order valence-electron chi connectivity index (χ3n) is 5.26. The van der Waals surface area contributed by atoms with Gasteiger partial charge in [-0.15, -0.1) is 0 Å². The first-order valence-electron chi connectivity index (χ1n) is 7.50. The van der Waals surface area contributed by atoms with Gasteiger partial charge in [0.1, 0.15) is 5.75 Å². The molecule has 1 heterocycles. The van der Waals surface area contributed by atoms with Crippen LogP contribution < -0.4 is 4.74 Å². The molecule has 2 aliphatic rings. The number of benzene rings is 1. The van der Waals surface area contributed by atoms with Gasteiger partial charge in [0.2, 0.25) is 6.41 Å². The number of rotatable bonds is 3. The fraction of sp³-hybridized carbons (Fsp3) is 0.588. The van der Waals surface area contributed by atoms with Crippen molar-refractivity contribution in [3.63, 3.8) is 0 Å². The number of hydrogen-bond acceptors (Lipinski definition) is 2. The van der Waals surface area contributed by atoms with Crippen LogP contribution >= 0.6 is 0 Å². The van der Waals surface area contributed by atoms with Gasteiger partial charge in [-0.1, -0.05) is 12.1 Å². The summed E-state index contributed by atoms with van der Waals surface area (Å²) in [5.74, 6) is 1.65. The molecule has 3 rings (SSSR count). The maximum absolute atomic E-state index is 10.7. The Kier molecular flexibility index (Phi) is 3.45. The van der Waals surface area contributed by atoms with Crippen molar-refractivity contribution in [2.45, 2.75) is 38.5 Å². The van der Waals surface area contributed by atoms with Gasteiger partial charge in [-0.05, 0) is 55.7 Å². The van der Waals surface area contributed by atoms with Crippen molar-refractivity contribution < 1.29 is 9.53 Å². The Morgan fingerprint density at radius 3 is 2.60 bits per heavy atom. The molecule has 20 heavy (non-hydrogen) atoms. The van der Waals surface area contributed by atoms with E-state index in [9.17, 15) is 4.79 Å². The van der Waals surface area contributed by atoms with Crippen LogP contribution in [0.3, 0.4) is 0 Å². The van der Waals surface area contributed by atoms with Crippen LogP contribution in [-0.4, -0.2) is 31.5 Å². The fourth-order valence-electron chi connectivity index (χ4n) is 4.04. The van der Waals surface area contributed by atoms with Crippen molar-refractivity contribution in [1.82, 2.24) is 4.90 Å². The van der Waals surface area contributed by atoms with Crippen LogP contribution in [0.4, 0.5) is 0 Å². The second kappa shape index (κ2) is 5.12. The molecule has 108 valence electrons. The minimum Gasteiger partial charge on any atom is -0.496 e. The number of likely N-dealkylation sites (tertiary alicyclic amines) is 1. The molecular formula is C17H23NO2. The van der Waals surface area contributed by atoms with Crippen molar-refractivity contribution in [3.8, 4) is 5.75 Å². The first kappa shape index (κ1) is 13.5. The van der Waals surface area contributed by atoms with Crippen molar-refractivity contribution >= 4 is 6.41 Å². The van der Waals surface area contributed by atoms with Gasteiger partial charge in [-0.3, -0.25) is 4.79 Å². The van der Waals surface area contributed by atoms with E-state index < -0.39 is 0 Å². The van der Waals surface area contributed by atoms with E-state index in [2.05, 4.69) is 19.1 Å². The summed E-state index contributed by atoms with van der Waals surface area (Å²) in [5, 5.41) is 0. The smallest absolute Gasteiger partial charge is 0.209 e. The molecule has 0 unspecified atom stereocenters. The van der Waals surface area contributed by atoms with E-state index in [1.165, 1.54) is 36.8 Å². The largest absolute Gasteiger partial charge is 0.496 e. The Morgan fingerprint density at radius 1 is 1.30 bits per heavy atom. The van der Waals surface area contributed by atoms with Crippen LogP contribution in [0.15, 0.2) is 18.2 Å². The highest BCUT2D eigenvalue weighted by Crippen LogP contribution is 2.48. The summed E-state index contributed by atoms with van der Waals surface area (Å²) in [6, 6.07) is 6.39. The van der Waals surface area contributed by atoms with Crippen LogP contribution in [0.2, 0.25) is 0 Å². The standard InChI is InChI=1S/C17H23NO2/c1-13-15(4-3-5-16(13)20-2)14-6-8-17(9-7-14)10-18(11-17)12-19/h3-5,12,14H,6-11H2,1-2H3. The average Bonchev–Trinajstić information content (AvgIpc) is 2.45. The Labute approximate surface area is 120 Å². The zero-order valence-corrected chi connectivity index (χ0v) is 12.4. The predicted octanol–water partition coefficient (Wildman–Crippen LogP) is 3.12. The van der Waals surface area contributed by atoms with Crippen molar-refractivity contribution in [1.29, 1.82) is 0 Å². The van der Waals surface area contributed by atoms with E-state index in [4.69, 9.17) is 4.74 Å². The minimum atomic E-state index is 0.435. The van der Waals surface area contributed by atoms with Crippen LogP contribution in [0, 0.1) is 12.3 Å². The Balaban J connectivity index is 1.68. The normalized spacial score (nSPS) is 21.6. The summed E-state index contributed by atoms with van der Waals surface area (Å²) in [5.41, 5.74) is 3.18. The summed E-state index contributed by atoms with van der Waals surface area (Å²) < 4.78 is 5.43. The summed E-state index contributed by atoms with van der Waals surface area (Å²) in [6.07, 6.45) is 5.96. The van der Waals surface area contributed by atoms with Crippen molar-refractivity contribution in [2.24, 2.45) is 5.41 Å². The fourth-order valence-corrected chi connectivity index (χ4v) is 4.04. The summed E-state index contributed by atoms with van der Waals surface area (Å²) in [6.45, 7) is 4.11. The van der Waals surface area contributed by atoms with Crippen LogP contribution in [0.5, 0.6) is 5.75 Å². The van der Waals surface area contributed by atoms with Gasteiger partial charge in [-0.2, -0.15) is 0 Å². The third-order valence-corrected chi connectivity index (χ3v) is 5.26. The van der Waals surface area contributed by atoms with E-state index in [1.807, 2.05) is 11.0 Å². The number of ether oxygens (including phenoxy) is 1. The Morgan fingerprint density at radius 2 is 2.00 bits per heavy atom. The van der Waals surface area contributed by atoms with E-state index >= 15 is 0 Å². The molecule has 1 spiro atoms. The quantitative estimate of drug-likeness (QED) is 0.792. The number of carbonyl (C=O) groups is 1. The van der Waals surface area contributed by atoms with Crippen LogP contribution in [-0.2, 0) is 4.79 Å². The SMILES string of the molecule is COc1cccc(C2CCC3(CC2)CN(C=O)C3)c1C. The van der Waals surface area contributed by atoms with Gasteiger partial charge in [0, 0.05) is 18.5 Å². The molecule has 0 atom stereocenters. The zero-order valence-electron chi connectivity index (χ0n) is 12.4. The molecule has 2 fully saturated rings. The molecule has 0 radical (unpaired) electrons. The zero-order chi connectivity index (χ0) is 14.2. The van der Waals surface area contributed by atoms with E-state index in [0.717, 1.165) is 25.2 Å². The van der Waals surface area contributed by atoms with E-state index in [0.29, 0.717) is 11.3 Å².